The summed E-state index contributed by atoms with van der Waals surface area (Å²) in [6, 6.07) is 6.17. The molecule has 3 nitrogen and oxygen atoms in total. The summed E-state index contributed by atoms with van der Waals surface area (Å²) in [5.74, 6) is 0. The molecule has 0 radical (unpaired) electrons. The number of anilines is 2. The zero-order valence-corrected chi connectivity index (χ0v) is 9.20. The Hall–Kier alpha value is -1.22. The van der Waals surface area contributed by atoms with Crippen LogP contribution < -0.4 is 10.6 Å². The Labute approximate surface area is 90.8 Å². The van der Waals surface area contributed by atoms with E-state index in [2.05, 4.69) is 24.0 Å². The maximum Gasteiger partial charge on any atom is 0.0642 e. The minimum absolute atomic E-state index is 0.827. The van der Waals surface area contributed by atoms with E-state index in [1.807, 2.05) is 6.07 Å². The third-order valence-electron chi connectivity index (χ3n) is 2.84. The second-order valence-corrected chi connectivity index (χ2v) is 3.84. The quantitative estimate of drug-likeness (QED) is 0.748. The van der Waals surface area contributed by atoms with Crippen LogP contribution in [-0.2, 0) is 11.2 Å². The van der Waals surface area contributed by atoms with E-state index in [-0.39, 0.29) is 0 Å². The zero-order chi connectivity index (χ0) is 10.7. The molecule has 0 amide bonds. The van der Waals surface area contributed by atoms with Gasteiger partial charge in [-0.05, 0) is 30.2 Å². The number of rotatable bonds is 2. The summed E-state index contributed by atoms with van der Waals surface area (Å²) in [5.41, 5.74) is 9.29. The van der Waals surface area contributed by atoms with Crippen LogP contribution in [-0.4, -0.2) is 26.3 Å². The van der Waals surface area contributed by atoms with Crippen LogP contribution in [0.2, 0.25) is 0 Å². The number of morpholine rings is 1. The summed E-state index contributed by atoms with van der Waals surface area (Å²) in [6.07, 6.45) is 1.03. The van der Waals surface area contributed by atoms with Crippen LogP contribution in [0.3, 0.4) is 0 Å². The van der Waals surface area contributed by atoms with Gasteiger partial charge in [-0.1, -0.05) is 6.92 Å². The van der Waals surface area contributed by atoms with Crippen molar-refractivity contribution in [2.24, 2.45) is 0 Å². The maximum atomic E-state index is 5.79. The highest BCUT2D eigenvalue weighted by molar-refractivity contribution is 5.59. The van der Waals surface area contributed by atoms with Crippen LogP contribution in [0, 0.1) is 0 Å². The molecule has 2 rings (SSSR count). The first-order chi connectivity index (χ1) is 7.31. The van der Waals surface area contributed by atoms with Gasteiger partial charge in [-0.3, -0.25) is 0 Å². The SMILES string of the molecule is CCc1cc(N)ccc1N1CCOCC1. The summed E-state index contributed by atoms with van der Waals surface area (Å²) in [4.78, 5) is 2.38. The van der Waals surface area contributed by atoms with Crippen molar-refractivity contribution in [2.75, 3.05) is 36.9 Å². The van der Waals surface area contributed by atoms with Gasteiger partial charge in [-0.15, -0.1) is 0 Å². The van der Waals surface area contributed by atoms with Gasteiger partial charge in [0, 0.05) is 24.5 Å². The Morgan fingerprint density at radius 1 is 1.33 bits per heavy atom. The monoisotopic (exact) mass is 206 g/mol. The number of ether oxygens (including phenoxy) is 1. The van der Waals surface area contributed by atoms with Crippen LogP contribution >= 0.6 is 0 Å². The lowest BCUT2D eigenvalue weighted by Crippen LogP contribution is -2.36. The molecule has 0 atom stereocenters. The van der Waals surface area contributed by atoms with E-state index in [4.69, 9.17) is 10.5 Å². The van der Waals surface area contributed by atoms with E-state index in [0.717, 1.165) is 38.4 Å². The fourth-order valence-corrected chi connectivity index (χ4v) is 2.00. The second kappa shape index (κ2) is 4.53. The van der Waals surface area contributed by atoms with E-state index in [1.165, 1.54) is 11.3 Å². The smallest absolute Gasteiger partial charge is 0.0642 e. The van der Waals surface area contributed by atoms with Gasteiger partial charge in [0.1, 0.15) is 0 Å². The fraction of sp³-hybridized carbons (Fsp3) is 0.500. The van der Waals surface area contributed by atoms with Gasteiger partial charge < -0.3 is 15.4 Å². The maximum absolute atomic E-state index is 5.79. The van der Waals surface area contributed by atoms with Crippen molar-refractivity contribution in [3.8, 4) is 0 Å². The molecule has 0 aliphatic carbocycles. The topological polar surface area (TPSA) is 38.5 Å². The highest BCUT2D eigenvalue weighted by Crippen LogP contribution is 2.24. The Morgan fingerprint density at radius 2 is 2.07 bits per heavy atom. The molecule has 0 unspecified atom stereocenters. The van der Waals surface area contributed by atoms with Gasteiger partial charge in [0.2, 0.25) is 0 Å². The van der Waals surface area contributed by atoms with Crippen molar-refractivity contribution in [1.82, 2.24) is 0 Å². The summed E-state index contributed by atoms with van der Waals surface area (Å²) in [7, 11) is 0. The molecule has 1 aromatic rings. The predicted octanol–water partition coefficient (Wildman–Crippen LogP) is 1.67. The van der Waals surface area contributed by atoms with E-state index < -0.39 is 0 Å². The van der Waals surface area contributed by atoms with Crippen molar-refractivity contribution in [2.45, 2.75) is 13.3 Å². The number of hydrogen-bond acceptors (Lipinski definition) is 3. The number of nitrogens with two attached hydrogens (primary N) is 1. The lowest BCUT2D eigenvalue weighted by Gasteiger charge is -2.30. The van der Waals surface area contributed by atoms with Crippen LogP contribution in [0.15, 0.2) is 18.2 Å². The first-order valence-electron chi connectivity index (χ1n) is 5.52. The van der Waals surface area contributed by atoms with Crippen molar-refractivity contribution < 1.29 is 4.74 Å². The van der Waals surface area contributed by atoms with E-state index in [1.54, 1.807) is 0 Å². The molecule has 0 aromatic heterocycles. The molecule has 1 aromatic carbocycles. The molecule has 1 fully saturated rings. The normalized spacial score (nSPS) is 16.7. The molecule has 82 valence electrons. The molecule has 1 aliphatic rings. The van der Waals surface area contributed by atoms with Crippen LogP contribution in [0.1, 0.15) is 12.5 Å². The Morgan fingerprint density at radius 3 is 2.73 bits per heavy atom. The zero-order valence-electron chi connectivity index (χ0n) is 9.20. The first kappa shape index (κ1) is 10.3. The molecule has 1 heterocycles. The average Bonchev–Trinajstić information content (AvgIpc) is 2.30. The summed E-state index contributed by atoms with van der Waals surface area (Å²) >= 11 is 0. The Bertz CT molecular complexity index is 332. The van der Waals surface area contributed by atoms with Crippen molar-refractivity contribution in [1.29, 1.82) is 0 Å². The molecule has 3 heteroatoms. The van der Waals surface area contributed by atoms with Gasteiger partial charge in [-0.25, -0.2) is 0 Å². The number of aryl methyl sites for hydroxylation is 1. The van der Waals surface area contributed by atoms with Crippen molar-refractivity contribution in [3.05, 3.63) is 23.8 Å². The second-order valence-electron chi connectivity index (χ2n) is 3.84. The van der Waals surface area contributed by atoms with Crippen LogP contribution in [0.25, 0.3) is 0 Å². The van der Waals surface area contributed by atoms with Gasteiger partial charge >= 0.3 is 0 Å². The van der Waals surface area contributed by atoms with Gasteiger partial charge in [-0.2, -0.15) is 0 Å². The third-order valence-corrected chi connectivity index (χ3v) is 2.84. The predicted molar refractivity (Wildman–Crippen MR) is 63.3 cm³/mol. The summed E-state index contributed by atoms with van der Waals surface area (Å²) in [5, 5.41) is 0. The minimum Gasteiger partial charge on any atom is -0.399 e. The highest BCUT2D eigenvalue weighted by atomic mass is 16.5. The molecule has 1 aliphatic heterocycles. The molecule has 0 bridgehead atoms. The average molecular weight is 206 g/mol. The molecular weight excluding hydrogens is 188 g/mol. The van der Waals surface area contributed by atoms with Crippen molar-refractivity contribution in [3.63, 3.8) is 0 Å². The standard InChI is InChI=1S/C12H18N2O/c1-2-10-9-11(13)3-4-12(10)14-5-7-15-8-6-14/h3-4,9H,2,5-8,13H2,1H3. The lowest BCUT2D eigenvalue weighted by molar-refractivity contribution is 0.122. The fourth-order valence-electron chi connectivity index (χ4n) is 2.00. The number of hydrogen-bond donors (Lipinski definition) is 1. The Balaban J connectivity index is 2.25. The molecule has 0 saturated carbocycles. The minimum atomic E-state index is 0.827. The summed E-state index contributed by atoms with van der Waals surface area (Å²) in [6.45, 7) is 5.79. The number of nitrogen functional groups attached to an aromatic ring is 1. The van der Waals surface area contributed by atoms with E-state index in [9.17, 15) is 0 Å². The Kier molecular flexibility index (Phi) is 3.11. The van der Waals surface area contributed by atoms with Gasteiger partial charge in [0.05, 0.1) is 13.2 Å². The molecule has 0 spiro atoms. The first-order valence-corrected chi connectivity index (χ1v) is 5.52. The number of nitrogens with zero attached hydrogens (tertiary/aromatic N) is 1. The largest absolute Gasteiger partial charge is 0.399 e. The van der Waals surface area contributed by atoms with Crippen LogP contribution in [0.5, 0.6) is 0 Å². The van der Waals surface area contributed by atoms with Crippen molar-refractivity contribution >= 4 is 11.4 Å². The third kappa shape index (κ3) is 2.23. The van der Waals surface area contributed by atoms with Gasteiger partial charge in [0.25, 0.3) is 0 Å². The molecule has 1 saturated heterocycles. The van der Waals surface area contributed by atoms with E-state index in [0.29, 0.717) is 0 Å². The summed E-state index contributed by atoms with van der Waals surface area (Å²) < 4.78 is 5.35. The number of benzene rings is 1. The van der Waals surface area contributed by atoms with Gasteiger partial charge in [0.15, 0.2) is 0 Å². The molecular formula is C12H18N2O. The lowest BCUT2D eigenvalue weighted by atomic mass is 10.1. The van der Waals surface area contributed by atoms with E-state index >= 15 is 0 Å². The molecule has 15 heavy (non-hydrogen) atoms. The van der Waals surface area contributed by atoms with Crippen LogP contribution in [0.4, 0.5) is 11.4 Å². The highest BCUT2D eigenvalue weighted by Gasteiger charge is 2.13. The molecule has 2 N–H and O–H groups in total.